The Morgan fingerprint density at radius 1 is 1.35 bits per heavy atom. The zero-order chi connectivity index (χ0) is 13.2. The average Bonchev–Trinajstić information content (AvgIpc) is 2.18. The van der Waals surface area contributed by atoms with E-state index >= 15 is 0 Å². The van der Waals surface area contributed by atoms with E-state index in [1.807, 2.05) is 19.9 Å². The maximum Gasteiger partial charge on any atom is 0.138 e. The summed E-state index contributed by atoms with van der Waals surface area (Å²) in [4.78, 5) is 0. The third kappa shape index (κ3) is 3.90. The normalized spacial score (nSPS) is 12.0. The quantitative estimate of drug-likeness (QED) is 0.889. The van der Waals surface area contributed by atoms with Crippen LogP contribution in [0.1, 0.15) is 44.7 Å². The summed E-state index contributed by atoms with van der Waals surface area (Å²) < 4.78 is 5.32. The maximum absolute atomic E-state index is 6.31. The third-order valence-corrected chi connectivity index (χ3v) is 3.10. The summed E-state index contributed by atoms with van der Waals surface area (Å²) in [5.74, 6) is 1.18. The van der Waals surface area contributed by atoms with Gasteiger partial charge in [0.25, 0.3) is 0 Å². The molecule has 0 aliphatic heterocycles. The Hall–Kier alpha value is -0.730. The lowest BCUT2D eigenvalue weighted by molar-refractivity contribution is 0.412. The third-order valence-electron chi connectivity index (χ3n) is 2.67. The molecular weight excluding hydrogens is 234 g/mol. The first-order valence-corrected chi connectivity index (χ1v) is 6.27. The van der Waals surface area contributed by atoms with Crippen molar-refractivity contribution in [1.29, 1.82) is 0 Å². The molecule has 0 aliphatic rings. The number of ether oxygens (including phenoxy) is 1. The van der Waals surface area contributed by atoms with Crippen molar-refractivity contribution < 1.29 is 4.74 Å². The molecule has 0 atom stereocenters. The molecule has 0 saturated carbocycles. The fourth-order valence-electron chi connectivity index (χ4n) is 1.78. The summed E-state index contributed by atoms with van der Waals surface area (Å²) in [6.07, 6.45) is 0.739. The Morgan fingerprint density at radius 3 is 2.35 bits per heavy atom. The highest BCUT2D eigenvalue weighted by atomic mass is 35.5. The van der Waals surface area contributed by atoms with E-state index < -0.39 is 0 Å². The summed E-state index contributed by atoms with van der Waals surface area (Å²) in [5, 5.41) is 0.676. The molecule has 17 heavy (non-hydrogen) atoms. The van der Waals surface area contributed by atoms with Gasteiger partial charge in [-0.05, 0) is 43.4 Å². The molecule has 0 saturated heterocycles. The largest absolute Gasteiger partial charge is 0.495 e. The minimum absolute atomic E-state index is 0.274. The Morgan fingerprint density at radius 2 is 1.94 bits per heavy atom. The molecule has 0 aromatic heterocycles. The Balaban J connectivity index is 3.23. The Bertz CT molecular complexity index is 394. The van der Waals surface area contributed by atoms with Crippen LogP contribution in [0.3, 0.4) is 0 Å². The van der Waals surface area contributed by atoms with E-state index in [0.717, 1.165) is 17.7 Å². The van der Waals surface area contributed by atoms with Crippen LogP contribution in [-0.2, 0) is 6.42 Å². The lowest BCUT2D eigenvalue weighted by Crippen LogP contribution is -2.34. The zero-order valence-corrected chi connectivity index (χ0v) is 12.1. The van der Waals surface area contributed by atoms with Crippen molar-refractivity contribution in [3.8, 4) is 5.75 Å². The van der Waals surface area contributed by atoms with Crippen molar-refractivity contribution in [3.63, 3.8) is 0 Å². The highest BCUT2D eigenvalue weighted by Crippen LogP contribution is 2.33. The predicted molar refractivity (Wildman–Crippen MR) is 74.1 cm³/mol. The molecule has 1 aromatic carbocycles. The lowest BCUT2D eigenvalue weighted by atomic mass is 9.92. The number of halogens is 1. The minimum Gasteiger partial charge on any atom is -0.495 e. The van der Waals surface area contributed by atoms with Gasteiger partial charge in [0.2, 0.25) is 0 Å². The van der Waals surface area contributed by atoms with Gasteiger partial charge in [-0.2, -0.15) is 0 Å². The molecule has 1 rings (SSSR count). The first-order chi connectivity index (χ1) is 7.74. The van der Waals surface area contributed by atoms with Crippen LogP contribution in [0.15, 0.2) is 12.1 Å². The van der Waals surface area contributed by atoms with E-state index in [1.54, 1.807) is 7.11 Å². The molecule has 3 heteroatoms. The van der Waals surface area contributed by atoms with Crippen molar-refractivity contribution in [3.05, 3.63) is 28.3 Å². The number of benzene rings is 1. The van der Waals surface area contributed by atoms with Crippen molar-refractivity contribution >= 4 is 11.6 Å². The van der Waals surface area contributed by atoms with Gasteiger partial charge in [-0.25, -0.2) is 0 Å². The number of hydrogen-bond donors (Lipinski definition) is 1. The first kappa shape index (κ1) is 14.3. The second-order valence-electron chi connectivity index (χ2n) is 5.52. The molecule has 0 bridgehead atoms. The van der Waals surface area contributed by atoms with Crippen LogP contribution in [0.2, 0.25) is 5.02 Å². The van der Waals surface area contributed by atoms with Gasteiger partial charge >= 0.3 is 0 Å². The molecule has 96 valence electrons. The zero-order valence-electron chi connectivity index (χ0n) is 11.3. The van der Waals surface area contributed by atoms with Crippen molar-refractivity contribution in [2.45, 2.75) is 45.6 Å². The van der Waals surface area contributed by atoms with Crippen LogP contribution in [0.5, 0.6) is 5.75 Å². The second kappa shape index (κ2) is 5.28. The molecule has 0 spiro atoms. The van der Waals surface area contributed by atoms with Crippen LogP contribution in [0.4, 0.5) is 0 Å². The SMILES string of the molecule is COc1cc(C(C)C)cc(CC(C)(C)N)c1Cl. The highest BCUT2D eigenvalue weighted by molar-refractivity contribution is 6.32. The Labute approximate surface area is 109 Å². The van der Waals surface area contributed by atoms with Crippen LogP contribution in [-0.4, -0.2) is 12.6 Å². The van der Waals surface area contributed by atoms with E-state index in [2.05, 4.69) is 19.9 Å². The molecule has 0 radical (unpaired) electrons. The fraction of sp³-hybridized carbons (Fsp3) is 0.571. The highest BCUT2D eigenvalue weighted by Gasteiger charge is 2.18. The van der Waals surface area contributed by atoms with Gasteiger partial charge < -0.3 is 10.5 Å². The van der Waals surface area contributed by atoms with Gasteiger partial charge in [0.1, 0.15) is 5.75 Å². The summed E-state index contributed by atoms with van der Waals surface area (Å²) in [5.41, 5.74) is 8.07. The molecule has 0 heterocycles. The number of rotatable bonds is 4. The van der Waals surface area contributed by atoms with Gasteiger partial charge in [-0.3, -0.25) is 0 Å². The van der Waals surface area contributed by atoms with E-state index in [-0.39, 0.29) is 5.54 Å². The van der Waals surface area contributed by atoms with Crippen molar-refractivity contribution in [2.24, 2.45) is 5.73 Å². The monoisotopic (exact) mass is 255 g/mol. The summed E-state index contributed by atoms with van der Waals surface area (Å²) >= 11 is 6.31. The summed E-state index contributed by atoms with van der Waals surface area (Å²) in [7, 11) is 1.64. The van der Waals surface area contributed by atoms with E-state index in [9.17, 15) is 0 Å². The summed E-state index contributed by atoms with van der Waals surface area (Å²) in [6, 6.07) is 4.13. The van der Waals surface area contributed by atoms with Crippen LogP contribution in [0.25, 0.3) is 0 Å². The average molecular weight is 256 g/mol. The molecular formula is C14H22ClNO. The van der Waals surface area contributed by atoms with E-state index in [4.69, 9.17) is 22.1 Å². The molecule has 1 aromatic rings. The van der Waals surface area contributed by atoms with Crippen LogP contribution in [0, 0.1) is 0 Å². The van der Waals surface area contributed by atoms with Crippen LogP contribution >= 0.6 is 11.6 Å². The molecule has 0 aliphatic carbocycles. The number of nitrogens with two attached hydrogens (primary N) is 1. The maximum atomic E-state index is 6.31. The Kier molecular flexibility index (Phi) is 4.45. The van der Waals surface area contributed by atoms with Crippen molar-refractivity contribution in [1.82, 2.24) is 0 Å². The molecule has 2 nitrogen and oxygen atoms in total. The minimum atomic E-state index is -0.274. The smallest absolute Gasteiger partial charge is 0.138 e. The number of methoxy groups -OCH3 is 1. The van der Waals surface area contributed by atoms with Gasteiger partial charge in [0.05, 0.1) is 12.1 Å². The van der Waals surface area contributed by atoms with E-state index in [1.165, 1.54) is 5.56 Å². The first-order valence-electron chi connectivity index (χ1n) is 5.90. The fourth-order valence-corrected chi connectivity index (χ4v) is 2.03. The predicted octanol–water partition coefficient (Wildman–Crippen LogP) is 3.75. The molecule has 2 N–H and O–H groups in total. The van der Waals surface area contributed by atoms with Gasteiger partial charge in [0.15, 0.2) is 0 Å². The molecule has 0 amide bonds. The summed E-state index contributed by atoms with van der Waals surface area (Å²) in [6.45, 7) is 8.30. The lowest BCUT2D eigenvalue weighted by Gasteiger charge is -2.21. The topological polar surface area (TPSA) is 35.2 Å². The van der Waals surface area contributed by atoms with Gasteiger partial charge in [0, 0.05) is 5.54 Å². The standard InChI is InChI=1S/C14H22ClNO/c1-9(2)10-6-11(8-14(3,4)16)13(15)12(7-10)17-5/h6-7,9H,8,16H2,1-5H3. The number of hydrogen-bond acceptors (Lipinski definition) is 2. The molecule has 0 fully saturated rings. The van der Waals surface area contributed by atoms with E-state index in [0.29, 0.717) is 10.9 Å². The van der Waals surface area contributed by atoms with Gasteiger partial charge in [-0.15, -0.1) is 0 Å². The second-order valence-corrected chi connectivity index (χ2v) is 5.89. The molecule has 0 unspecified atom stereocenters. The van der Waals surface area contributed by atoms with Crippen LogP contribution < -0.4 is 10.5 Å². The van der Waals surface area contributed by atoms with Crippen molar-refractivity contribution in [2.75, 3.05) is 7.11 Å². The van der Waals surface area contributed by atoms with Gasteiger partial charge in [-0.1, -0.05) is 31.5 Å².